The number of hydrogen-bond acceptors (Lipinski definition) is 0. The first-order chi connectivity index (χ1) is 3.81. The second-order valence-electron chi connectivity index (χ2n) is 1.32. The third-order valence-electron chi connectivity index (χ3n) is 0.670. The van der Waals surface area contributed by atoms with Crippen LogP contribution in [0.15, 0.2) is 0 Å². The summed E-state index contributed by atoms with van der Waals surface area (Å²) in [6, 6.07) is -2.92. The lowest BCUT2D eigenvalue weighted by Gasteiger charge is -2.22. The van der Waals surface area contributed by atoms with Gasteiger partial charge in [-0.05, 0) is 0 Å². The lowest BCUT2D eigenvalue weighted by atomic mass is 11.8. The maximum Gasteiger partial charge on any atom is 0.372 e. The first-order valence-electron chi connectivity index (χ1n) is 1.94. The number of alkyl halides is 2. The highest BCUT2D eigenvalue weighted by molar-refractivity contribution is 7.69. The van der Waals surface area contributed by atoms with E-state index in [1.54, 1.807) is 6.55 Å². The summed E-state index contributed by atoms with van der Waals surface area (Å²) in [4.78, 5) is 0. The third kappa shape index (κ3) is 3.19. The predicted octanol–water partition coefficient (Wildman–Crippen LogP) is 3.06. The minimum Gasteiger partial charge on any atom is -0.123 e. The first-order valence-corrected chi connectivity index (χ1v) is 9.24. The molecule has 0 aromatic heterocycles. The van der Waals surface area contributed by atoms with Crippen LogP contribution in [0.2, 0.25) is 6.55 Å². The Balaban J connectivity index is 4.14. The van der Waals surface area contributed by atoms with E-state index in [-0.39, 0.29) is 9.52 Å². The minimum absolute atomic E-state index is 0.233. The van der Waals surface area contributed by atoms with E-state index >= 15 is 0 Å². The summed E-state index contributed by atoms with van der Waals surface area (Å²) in [6.07, 6.45) is 0. The van der Waals surface area contributed by atoms with Crippen molar-refractivity contribution in [2.24, 2.45) is 0 Å². The van der Waals surface area contributed by atoms with E-state index in [1.165, 1.54) is 0 Å². The van der Waals surface area contributed by atoms with Crippen molar-refractivity contribution in [3.8, 4) is 0 Å². The molecule has 0 nitrogen and oxygen atoms in total. The maximum absolute atomic E-state index is 5.64. The standard InChI is InChI=1S/C2H3Cl5Si2/c1-8-2(3,4)9(5,6)7/h1H3. The average molecular weight is 260 g/mol. The molecule has 0 rings (SSSR count). The Morgan fingerprint density at radius 3 is 1.56 bits per heavy atom. The van der Waals surface area contributed by atoms with Crippen LogP contribution in [0.3, 0.4) is 0 Å². The second-order valence-corrected chi connectivity index (χ2v) is 14.3. The lowest BCUT2D eigenvalue weighted by molar-refractivity contribution is 1.65. The fourth-order valence-electron chi connectivity index (χ4n) is 0.142. The van der Waals surface area contributed by atoms with Gasteiger partial charge in [0, 0.05) is 0 Å². The van der Waals surface area contributed by atoms with Crippen LogP contribution >= 0.6 is 56.4 Å². The normalized spacial score (nSPS) is 14.0. The van der Waals surface area contributed by atoms with Gasteiger partial charge in [-0.1, -0.05) is 6.55 Å². The van der Waals surface area contributed by atoms with Gasteiger partial charge in [-0.2, -0.15) is 0 Å². The molecule has 0 saturated carbocycles. The molecule has 0 saturated heterocycles. The minimum atomic E-state index is -2.92. The Kier molecular flexibility index (Phi) is 4.26. The molecule has 0 aromatic rings. The van der Waals surface area contributed by atoms with Crippen molar-refractivity contribution in [2.75, 3.05) is 0 Å². The van der Waals surface area contributed by atoms with Gasteiger partial charge in [0.15, 0.2) is 0 Å². The van der Waals surface area contributed by atoms with E-state index in [4.69, 9.17) is 56.4 Å². The molecule has 0 bridgehead atoms. The lowest BCUT2D eigenvalue weighted by Crippen LogP contribution is -2.40. The van der Waals surface area contributed by atoms with Crippen LogP contribution < -0.4 is 0 Å². The zero-order valence-corrected chi connectivity index (χ0v) is 10.2. The molecule has 0 spiro atoms. The zero-order valence-electron chi connectivity index (χ0n) is 4.39. The predicted molar refractivity (Wildman–Crippen MR) is 49.4 cm³/mol. The van der Waals surface area contributed by atoms with E-state index in [1.807, 2.05) is 0 Å². The SMILES string of the molecule is C[Si]C(Cl)(Cl)[Si](Cl)(Cl)Cl. The van der Waals surface area contributed by atoms with Crippen molar-refractivity contribution < 1.29 is 0 Å². The van der Waals surface area contributed by atoms with Crippen molar-refractivity contribution in [3.63, 3.8) is 0 Å². The second kappa shape index (κ2) is 3.52. The van der Waals surface area contributed by atoms with Gasteiger partial charge < -0.3 is 0 Å². The molecule has 7 heteroatoms. The number of hydrogen-bond donors (Lipinski definition) is 0. The number of halogens is 5. The van der Waals surface area contributed by atoms with Crippen LogP contribution in [0, 0.1) is 0 Å². The zero-order chi connectivity index (χ0) is 7.71. The molecule has 0 aliphatic carbocycles. The molecule has 0 amide bonds. The highest BCUT2D eigenvalue weighted by Gasteiger charge is 2.48. The molecule has 0 N–H and O–H groups in total. The summed E-state index contributed by atoms with van der Waals surface area (Å²) in [5, 5.41) is 0. The largest absolute Gasteiger partial charge is 0.372 e. The van der Waals surface area contributed by atoms with Crippen LogP contribution in [-0.4, -0.2) is 19.1 Å². The van der Waals surface area contributed by atoms with Gasteiger partial charge in [0.25, 0.3) is 0 Å². The quantitative estimate of drug-likeness (QED) is 0.407. The Morgan fingerprint density at radius 2 is 1.56 bits per heavy atom. The van der Waals surface area contributed by atoms with Gasteiger partial charge in [0.2, 0.25) is 0 Å². The van der Waals surface area contributed by atoms with Gasteiger partial charge in [-0.25, -0.2) is 0 Å². The van der Waals surface area contributed by atoms with Crippen molar-refractivity contribution in [1.29, 1.82) is 0 Å². The average Bonchev–Trinajstić information content (AvgIpc) is 1.64. The van der Waals surface area contributed by atoms with Crippen molar-refractivity contribution in [3.05, 3.63) is 0 Å². The topological polar surface area (TPSA) is 0 Å². The Hall–Kier alpha value is 1.88. The Bertz CT molecular complexity index is 95.6. The van der Waals surface area contributed by atoms with Crippen LogP contribution in [-0.2, 0) is 0 Å². The highest BCUT2D eigenvalue weighted by atomic mass is 35.8. The van der Waals surface area contributed by atoms with Crippen LogP contribution in [0.5, 0.6) is 0 Å². The summed E-state index contributed by atoms with van der Waals surface area (Å²) in [5.74, 6) is 0. The van der Waals surface area contributed by atoms with Crippen LogP contribution in [0.25, 0.3) is 0 Å². The molecular formula is C2H3Cl5Si2. The molecule has 0 fully saturated rings. The van der Waals surface area contributed by atoms with E-state index in [0.717, 1.165) is 0 Å². The highest BCUT2D eigenvalue weighted by Crippen LogP contribution is 2.40. The fraction of sp³-hybridized carbons (Fsp3) is 1.00. The molecule has 9 heavy (non-hydrogen) atoms. The van der Waals surface area contributed by atoms with E-state index in [2.05, 4.69) is 0 Å². The molecule has 0 aromatic carbocycles. The van der Waals surface area contributed by atoms with E-state index in [9.17, 15) is 0 Å². The van der Waals surface area contributed by atoms with Crippen molar-refractivity contribution in [1.82, 2.24) is 0 Å². The molecule has 0 unspecified atom stereocenters. The maximum atomic E-state index is 5.64. The van der Waals surface area contributed by atoms with Gasteiger partial charge in [-0.15, -0.1) is 56.4 Å². The molecule has 0 heterocycles. The smallest absolute Gasteiger partial charge is 0.123 e. The van der Waals surface area contributed by atoms with Gasteiger partial charge >= 0.3 is 6.00 Å². The summed E-state index contributed by atoms with van der Waals surface area (Å²) in [5.41, 5.74) is 0. The fourth-order valence-corrected chi connectivity index (χ4v) is 3.83. The molecule has 54 valence electrons. The molecule has 0 aliphatic rings. The first kappa shape index (κ1) is 10.9. The summed E-state index contributed by atoms with van der Waals surface area (Å²) in [6.45, 7) is 1.80. The van der Waals surface area contributed by atoms with Crippen molar-refractivity contribution in [2.45, 2.75) is 10.1 Å². The summed E-state index contributed by atoms with van der Waals surface area (Å²) < 4.78 is -1.11. The summed E-state index contributed by atoms with van der Waals surface area (Å²) >= 11 is 27.9. The van der Waals surface area contributed by atoms with Gasteiger partial charge in [0.05, 0.1) is 9.52 Å². The van der Waals surface area contributed by atoms with E-state index < -0.39 is 9.58 Å². The van der Waals surface area contributed by atoms with Crippen LogP contribution in [0.1, 0.15) is 0 Å². The van der Waals surface area contributed by atoms with Gasteiger partial charge in [-0.3, -0.25) is 0 Å². The molecule has 2 radical (unpaired) electrons. The van der Waals surface area contributed by atoms with Crippen molar-refractivity contribution >= 4 is 72.0 Å². The molecule has 0 aliphatic heterocycles. The monoisotopic (exact) mass is 258 g/mol. The Labute approximate surface area is 81.7 Å². The number of rotatable bonds is 2. The molecule has 0 atom stereocenters. The molecular weight excluding hydrogens is 257 g/mol. The Morgan fingerprint density at radius 1 is 1.22 bits per heavy atom. The van der Waals surface area contributed by atoms with Gasteiger partial charge in [0.1, 0.15) is 3.58 Å². The third-order valence-corrected chi connectivity index (χ3v) is 12.4. The van der Waals surface area contributed by atoms with E-state index in [0.29, 0.717) is 0 Å². The van der Waals surface area contributed by atoms with Crippen LogP contribution in [0.4, 0.5) is 0 Å². The summed E-state index contributed by atoms with van der Waals surface area (Å²) in [7, 11) is 0.233.